The smallest absolute Gasteiger partial charge is 0.409 e. The number of carbonyl (C=O) groups is 2. The molecule has 15 heavy (non-hydrogen) atoms. The Morgan fingerprint density at radius 3 is 2.20 bits per heavy atom. The van der Waals surface area contributed by atoms with Crippen molar-refractivity contribution in [3.05, 3.63) is 0 Å². The Kier molecular flexibility index (Phi) is 6.81. The van der Waals surface area contributed by atoms with Gasteiger partial charge >= 0.3 is 12.1 Å². The van der Waals surface area contributed by atoms with Gasteiger partial charge in [0.15, 0.2) is 0 Å². The van der Waals surface area contributed by atoms with Crippen LogP contribution in [0.4, 0.5) is 4.79 Å². The molecule has 0 saturated heterocycles. The van der Waals surface area contributed by atoms with Crippen LogP contribution in [0.2, 0.25) is 0 Å². The van der Waals surface area contributed by atoms with E-state index >= 15 is 0 Å². The lowest BCUT2D eigenvalue weighted by Gasteiger charge is -2.17. The summed E-state index contributed by atoms with van der Waals surface area (Å²) in [5.74, 6) is 1.03. The Hall–Kier alpha value is -1.70. The predicted molar refractivity (Wildman–Crippen MR) is 54.1 cm³/mol. The fraction of sp³-hybridized carbons (Fsp3) is 0.600. The molecule has 0 spiro atoms. The van der Waals surface area contributed by atoms with Crippen molar-refractivity contribution in [2.45, 2.75) is 13.8 Å². The molecule has 0 fully saturated rings. The minimum absolute atomic E-state index is 0.0166. The maximum absolute atomic E-state index is 11.2. The minimum Gasteiger partial charge on any atom is -0.452 e. The highest BCUT2D eigenvalue weighted by Crippen LogP contribution is 1.93. The Balaban J connectivity index is 3.64. The van der Waals surface area contributed by atoms with E-state index in [4.69, 9.17) is 11.2 Å². The van der Waals surface area contributed by atoms with E-state index < -0.39 is 12.1 Å². The van der Waals surface area contributed by atoms with E-state index in [0.29, 0.717) is 13.1 Å². The van der Waals surface area contributed by atoms with Crippen molar-refractivity contribution in [3.8, 4) is 12.3 Å². The topological polar surface area (TPSA) is 55.8 Å². The zero-order valence-corrected chi connectivity index (χ0v) is 8.99. The van der Waals surface area contributed by atoms with Crippen LogP contribution in [0.1, 0.15) is 13.8 Å². The van der Waals surface area contributed by atoms with Gasteiger partial charge in [-0.1, -0.05) is 0 Å². The number of esters is 1. The van der Waals surface area contributed by atoms with Crippen LogP contribution in [0.5, 0.6) is 0 Å². The van der Waals surface area contributed by atoms with Gasteiger partial charge in [0, 0.05) is 19.0 Å². The molecule has 0 aliphatic carbocycles. The van der Waals surface area contributed by atoms with E-state index in [1.54, 1.807) is 5.92 Å². The number of ether oxygens (including phenoxy) is 2. The number of hydrogen-bond acceptors (Lipinski definition) is 4. The molecule has 0 aromatic rings. The molecule has 0 atom stereocenters. The molecular formula is C10H15NO4. The minimum atomic E-state index is -0.756. The van der Waals surface area contributed by atoms with Crippen molar-refractivity contribution >= 4 is 12.1 Å². The summed E-state index contributed by atoms with van der Waals surface area (Å²) in [6.07, 6.45) is 4.35. The van der Waals surface area contributed by atoms with Crippen LogP contribution in [0.3, 0.4) is 0 Å². The van der Waals surface area contributed by atoms with E-state index in [2.05, 4.69) is 4.74 Å². The quantitative estimate of drug-likeness (QED) is 0.291. The van der Waals surface area contributed by atoms with E-state index in [-0.39, 0.29) is 13.2 Å². The molecule has 0 aromatic heterocycles. The first-order chi connectivity index (χ1) is 7.15. The number of hydrogen-bond donors (Lipinski definition) is 0. The molecule has 0 rings (SSSR count). The maximum Gasteiger partial charge on any atom is 0.409 e. The fourth-order valence-electron chi connectivity index (χ4n) is 0.878. The molecule has 0 radical (unpaired) electrons. The highest BCUT2D eigenvalue weighted by Gasteiger charge is 2.10. The first-order valence-corrected chi connectivity index (χ1v) is 4.70. The van der Waals surface area contributed by atoms with Crippen LogP contribution in [0.25, 0.3) is 0 Å². The van der Waals surface area contributed by atoms with Crippen LogP contribution >= 0.6 is 0 Å². The molecule has 0 saturated carbocycles. The zero-order valence-electron chi connectivity index (χ0n) is 8.99. The third-order valence-corrected chi connectivity index (χ3v) is 1.68. The fourth-order valence-corrected chi connectivity index (χ4v) is 0.878. The van der Waals surface area contributed by atoms with Gasteiger partial charge in [-0.3, -0.25) is 0 Å². The van der Waals surface area contributed by atoms with Gasteiger partial charge in [-0.05, 0) is 13.8 Å². The highest BCUT2D eigenvalue weighted by molar-refractivity contribution is 5.87. The average molecular weight is 213 g/mol. The third kappa shape index (κ3) is 5.57. The largest absolute Gasteiger partial charge is 0.452 e. The number of carbonyl (C=O) groups excluding carboxylic acids is 2. The van der Waals surface area contributed by atoms with Gasteiger partial charge in [0.25, 0.3) is 0 Å². The molecule has 0 aliphatic heterocycles. The van der Waals surface area contributed by atoms with Crippen LogP contribution in [0, 0.1) is 12.3 Å². The van der Waals surface area contributed by atoms with Gasteiger partial charge in [-0.2, -0.15) is 0 Å². The van der Waals surface area contributed by atoms with Gasteiger partial charge < -0.3 is 14.4 Å². The Labute approximate surface area is 89.3 Å². The first kappa shape index (κ1) is 13.3. The number of rotatable bonds is 5. The zero-order chi connectivity index (χ0) is 11.7. The molecule has 1 amide bonds. The van der Waals surface area contributed by atoms with Gasteiger partial charge in [0.05, 0.1) is 0 Å². The van der Waals surface area contributed by atoms with Gasteiger partial charge in [0.2, 0.25) is 0 Å². The van der Waals surface area contributed by atoms with Crippen molar-refractivity contribution in [3.63, 3.8) is 0 Å². The molecule has 0 heterocycles. The lowest BCUT2D eigenvalue weighted by Crippen LogP contribution is -2.32. The van der Waals surface area contributed by atoms with Gasteiger partial charge in [-0.15, -0.1) is 6.42 Å². The summed E-state index contributed by atoms with van der Waals surface area (Å²) >= 11 is 0. The van der Waals surface area contributed by atoms with Crippen LogP contribution < -0.4 is 0 Å². The van der Waals surface area contributed by atoms with Crippen LogP contribution in [0.15, 0.2) is 0 Å². The Morgan fingerprint density at radius 1 is 1.20 bits per heavy atom. The molecule has 0 N–H and O–H groups in total. The lowest BCUT2D eigenvalue weighted by atomic mass is 10.5. The lowest BCUT2D eigenvalue weighted by molar-refractivity contribution is -0.137. The third-order valence-electron chi connectivity index (χ3n) is 1.68. The standard InChI is InChI=1S/C10H15NO4/c1-4-9(12)14-7-8-15-10(13)11(5-2)6-3/h1H,5-8H2,2-3H3. The molecule has 0 aliphatic rings. The molecular weight excluding hydrogens is 198 g/mol. The summed E-state index contributed by atoms with van der Waals surface area (Å²) in [4.78, 5) is 23.3. The van der Waals surface area contributed by atoms with Crippen molar-refractivity contribution in [2.75, 3.05) is 26.3 Å². The molecule has 84 valence electrons. The number of terminal acetylenes is 1. The summed E-state index contributed by atoms with van der Waals surface area (Å²) in [7, 11) is 0. The Morgan fingerprint density at radius 2 is 1.73 bits per heavy atom. The van der Waals surface area contributed by atoms with Crippen molar-refractivity contribution in [1.82, 2.24) is 4.90 Å². The number of amides is 1. The van der Waals surface area contributed by atoms with Crippen molar-refractivity contribution in [2.24, 2.45) is 0 Å². The van der Waals surface area contributed by atoms with Gasteiger partial charge in [-0.25, -0.2) is 9.59 Å². The normalized spacial score (nSPS) is 8.87. The molecule has 5 nitrogen and oxygen atoms in total. The van der Waals surface area contributed by atoms with E-state index in [0.717, 1.165) is 0 Å². The van der Waals surface area contributed by atoms with E-state index in [1.807, 2.05) is 13.8 Å². The molecule has 0 aromatic carbocycles. The van der Waals surface area contributed by atoms with Crippen LogP contribution in [-0.2, 0) is 14.3 Å². The molecule has 0 bridgehead atoms. The average Bonchev–Trinajstić information content (AvgIpc) is 2.25. The van der Waals surface area contributed by atoms with E-state index in [9.17, 15) is 9.59 Å². The van der Waals surface area contributed by atoms with Crippen LogP contribution in [-0.4, -0.2) is 43.3 Å². The summed E-state index contributed by atoms with van der Waals surface area (Å²) < 4.78 is 9.34. The van der Waals surface area contributed by atoms with Gasteiger partial charge in [0.1, 0.15) is 13.2 Å². The second kappa shape index (κ2) is 7.68. The van der Waals surface area contributed by atoms with Crippen molar-refractivity contribution < 1.29 is 19.1 Å². The SMILES string of the molecule is C#CC(=O)OCCOC(=O)N(CC)CC. The molecule has 0 unspecified atom stereocenters. The summed E-state index contributed by atoms with van der Waals surface area (Å²) in [6, 6.07) is 0. The second-order valence-electron chi connectivity index (χ2n) is 2.57. The first-order valence-electron chi connectivity index (χ1n) is 4.70. The maximum atomic E-state index is 11.2. The summed E-state index contributed by atoms with van der Waals surface area (Å²) in [6.45, 7) is 4.87. The van der Waals surface area contributed by atoms with Crippen molar-refractivity contribution in [1.29, 1.82) is 0 Å². The highest BCUT2D eigenvalue weighted by atomic mass is 16.6. The monoisotopic (exact) mass is 213 g/mol. The second-order valence-corrected chi connectivity index (χ2v) is 2.57. The van der Waals surface area contributed by atoms with E-state index in [1.165, 1.54) is 4.90 Å². The predicted octanol–water partition coefficient (Wildman–Crippen LogP) is 0.641. The Bertz CT molecular complexity index is 253. The molecule has 5 heteroatoms. The summed E-state index contributed by atoms with van der Waals surface area (Å²) in [5.41, 5.74) is 0. The summed E-state index contributed by atoms with van der Waals surface area (Å²) in [5, 5.41) is 0. The number of nitrogens with zero attached hydrogens (tertiary/aromatic N) is 1.